The molecule has 5 nitrogen and oxygen atoms in total. The second kappa shape index (κ2) is 7.81. The molecule has 122 valence electrons. The lowest BCUT2D eigenvalue weighted by Crippen LogP contribution is -2.47. The molecule has 0 saturated carbocycles. The van der Waals surface area contributed by atoms with Crippen LogP contribution in [0.5, 0.6) is 5.75 Å². The van der Waals surface area contributed by atoms with Crippen LogP contribution in [0.25, 0.3) is 0 Å². The van der Waals surface area contributed by atoms with E-state index >= 15 is 0 Å². The van der Waals surface area contributed by atoms with Gasteiger partial charge in [0.2, 0.25) is 0 Å². The number of hydrogen-bond donors (Lipinski definition) is 2. The van der Waals surface area contributed by atoms with E-state index < -0.39 is 5.97 Å². The minimum atomic E-state index is -0.811. The van der Waals surface area contributed by atoms with E-state index in [2.05, 4.69) is 17.1 Å². The lowest BCUT2D eigenvalue weighted by atomic mass is 10.0. The van der Waals surface area contributed by atoms with Crippen molar-refractivity contribution in [3.63, 3.8) is 0 Å². The zero-order chi connectivity index (χ0) is 16.0. The highest BCUT2D eigenvalue weighted by Crippen LogP contribution is 2.21. The number of nitrogens with one attached hydrogen (secondary N) is 1. The van der Waals surface area contributed by atoms with Gasteiger partial charge in [-0.2, -0.15) is 0 Å². The van der Waals surface area contributed by atoms with E-state index in [1.54, 1.807) is 0 Å². The number of aliphatic carboxylic acids is 1. The van der Waals surface area contributed by atoms with Crippen LogP contribution >= 0.6 is 11.6 Å². The molecule has 0 bridgehead atoms. The fourth-order valence-corrected chi connectivity index (χ4v) is 2.90. The number of carboxylic acids is 1. The molecule has 6 heteroatoms. The molecule has 0 amide bonds. The van der Waals surface area contributed by atoms with Crippen molar-refractivity contribution >= 4 is 17.6 Å². The van der Waals surface area contributed by atoms with Crippen LogP contribution in [0, 0.1) is 0 Å². The Hall–Kier alpha value is -1.30. The normalized spacial score (nSPS) is 21.9. The molecule has 0 spiro atoms. The highest BCUT2D eigenvalue weighted by Gasteiger charge is 2.33. The van der Waals surface area contributed by atoms with Crippen molar-refractivity contribution in [2.24, 2.45) is 0 Å². The number of nitrogens with zero attached hydrogens (tertiary/aromatic N) is 1. The molecule has 0 unspecified atom stereocenters. The molecule has 1 fully saturated rings. The molecule has 1 aliphatic rings. The first-order valence-electron chi connectivity index (χ1n) is 7.54. The Morgan fingerprint density at radius 3 is 3.09 bits per heavy atom. The molecule has 0 aromatic heterocycles. The predicted octanol–water partition coefficient (Wildman–Crippen LogP) is 2.25. The molecule has 22 heavy (non-hydrogen) atoms. The summed E-state index contributed by atoms with van der Waals surface area (Å²) in [4.78, 5) is 13.0. The molecule has 1 aliphatic heterocycles. The zero-order valence-electron chi connectivity index (χ0n) is 12.8. The van der Waals surface area contributed by atoms with Gasteiger partial charge in [0.1, 0.15) is 5.75 Å². The van der Waals surface area contributed by atoms with E-state index in [0.29, 0.717) is 11.6 Å². The fourth-order valence-electron chi connectivity index (χ4n) is 2.72. The lowest BCUT2D eigenvalue weighted by Gasteiger charge is -2.25. The number of hydrogen-bond acceptors (Lipinski definition) is 4. The van der Waals surface area contributed by atoms with Gasteiger partial charge in [-0.25, -0.2) is 0 Å². The summed E-state index contributed by atoms with van der Waals surface area (Å²) < 4.78 is 5.67. The number of benzene rings is 1. The van der Waals surface area contributed by atoms with E-state index in [1.165, 1.54) is 0 Å². The van der Waals surface area contributed by atoms with Crippen molar-refractivity contribution in [2.45, 2.75) is 25.3 Å². The molecular formula is C16H23ClN2O3. The van der Waals surface area contributed by atoms with Crippen LogP contribution in [0.4, 0.5) is 0 Å². The summed E-state index contributed by atoms with van der Waals surface area (Å²) in [5, 5.41) is 12.6. The Morgan fingerprint density at radius 1 is 1.55 bits per heavy atom. The number of carboxylic acid groups (broad SMARTS) is 1. The molecule has 1 aromatic carbocycles. The first kappa shape index (κ1) is 17.1. The first-order valence-corrected chi connectivity index (χ1v) is 7.92. The van der Waals surface area contributed by atoms with Crippen LogP contribution < -0.4 is 10.1 Å². The van der Waals surface area contributed by atoms with E-state index in [1.807, 2.05) is 24.3 Å². The smallest absolute Gasteiger partial charge is 0.317 e. The summed E-state index contributed by atoms with van der Waals surface area (Å²) >= 11 is 5.91. The maximum absolute atomic E-state index is 10.6. The van der Waals surface area contributed by atoms with Gasteiger partial charge in [-0.15, -0.1) is 0 Å². The van der Waals surface area contributed by atoms with Crippen LogP contribution in [0.1, 0.15) is 19.8 Å². The second-order valence-corrected chi connectivity index (χ2v) is 6.43. The maximum atomic E-state index is 10.6. The molecule has 0 aliphatic carbocycles. The highest BCUT2D eigenvalue weighted by molar-refractivity contribution is 6.30. The van der Waals surface area contributed by atoms with Crippen LogP contribution in [-0.2, 0) is 4.79 Å². The van der Waals surface area contributed by atoms with Gasteiger partial charge in [-0.05, 0) is 38.0 Å². The van der Waals surface area contributed by atoms with Crippen LogP contribution in [0.2, 0.25) is 5.02 Å². The Bertz CT molecular complexity index is 512. The number of halogens is 1. The van der Waals surface area contributed by atoms with E-state index in [4.69, 9.17) is 21.4 Å². The molecule has 1 saturated heterocycles. The summed E-state index contributed by atoms with van der Waals surface area (Å²) in [6, 6.07) is 7.40. The Morgan fingerprint density at radius 2 is 2.36 bits per heavy atom. The molecule has 1 heterocycles. The molecule has 1 aromatic rings. The summed E-state index contributed by atoms with van der Waals surface area (Å²) in [6.45, 7) is 5.55. The lowest BCUT2D eigenvalue weighted by molar-refractivity contribution is -0.136. The topological polar surface area (TPSA) is 61.8 Å². The van der Waals surface area contributed by atoms with Crippen molar-refractivity contribution in [3.05, 3.63) is 29.3 Å². The SMILES string of the molecule is C[C@]1(NCC(=O)O)CCN(CCCOc2cccc(Cl)c2)C1. The largest absolute Gasteiger partial charge is 0.493 e. The summed E-state index contributed by atoms with van der Waals surface area (Å²) in [7, 11) is 0. The minimum Gasteiger partial charge on any atom is -0.493 e. The van der Waals surface area contributed by atoms with Gasteiger partial charge < -0.3 is 20.1 Å². The van der Waals surface area contributed by atoms with Crippen molar-refractivity contribution < 1.29 is 14.6 Å². The van der Waals surface area contributed by atoms with Gasteiger partial charge in [-0.1, -0.05) is 17.7 Å². The number of likely N-dealkylation sites (tertiary alicyclic amines) is 1. The van der Waals surface area contributed by atoms with Crippen molar-refractivity contribution in [3.8, 4) is 5.75 Å². The van der Waals surface area contributed by atoms with Crippen molar-refractivity contribution in [1.29, 1.82) is 0 Å². The zero-order valence-corrected chi connectivity index (χ0v) is 13.6. The quantitative estimate of drug-likeness (QED) is 0.717. The third kappa shape index (κ3) is 5.48. The third-order valence-corrected chi connectivity index (χ3v) is 4.14. The Balaban J connectivity index is 1.65. The molecule has 2 N–H and O–H groups in total. The monoisotopic (exact) mass is 326 g/mol. The van der Waals surface area contributed by atoms with Gasteiger partial charge in [0, 0.05) is 30.2 Å². The van der Waals surface area contributed by atoms with Crippen LogP contribution in [-0.4, -0.2) is 54.3 Å². The third-order valence-electron chi connectivity index (χ3n) is 3.90. The predicted molar refractivity (Wildman–Crippen MR) is 86.7 cm³/mol. The maximum Gasteiger partial charge on any atom is 0.317 e. The molecule has 1 atom stereocenters. The van der Waals surface area contributed by atoms with Gasteiger partial charge in [0.25, 0.3) is 0 Å². The molecular weight excluding hydrogens is 304 g/mol. The Kier molecular flexibility index (Phi) is 6.06. The highest BCUT2D eigenvalue weighted by atomic mass is 35.5. The average molecular weight is 327 g/mol. The average Bonchev–Trinajstić information content (AvgIpc) is 2.84. The van der Waals surface area contributed by atoms with Crippen LogP contribution in [0.3, 0.4) is 0 Å². The van der Waals surface area contributed by atoms with E-state index in [0.717, 1.165) is 38.2 Å². The van der Waals surface area contributed by atoms with Crippen LogP contribution in [0.15, 0.2) is 24.3 Å². The number of carbonyl (C=O) groups is 1. The van der Waals surface area contributed by atoms with E-state index in [-0.39, 0.29) is 12.1 Å². The summed E-state index contributed by atoms with van der Waals surface area (Å²) in [5.41, 5.74) is -0.105. The van der Waals surface area contributed by atoms with Crippen molar-refractivity contribution in [2.75, 3.05) is 32.8 Å². The number of rotatable bonds is 8. The summed E-state index contributed by atoms with van der Waals surface area (Å²) in [5.74, 6) is -0.0171. The second-order valence-electron chi connectivity index (χ2n) is 5.99. The van der Waals surface area contributed by atoms with Gasteiger partial charge in [0.15, 0.2) is 0 Å². The van der Waals surface area contributed by atoms with E-state index in [9.17, 15) is 4.79 Å². The Labute approximate surface area is 136 Å². The van der Waals surface area contributed by atoms with Gasteiger partial charge >= 0.3 is 5.97 Å². The fraction of sp³-hybridized carbons (Fsp3) is 0.562. The summed E-state index contributed by atoms with van der Waals surface area (Å²) in [6.07, 6.45) is 1.90. The van der Waals surface area contributed by atoms with Gasteiger partial charge in [0.05, 0.1) is 13.2 Å². The molecule has 2 rings (SSSR count). The van der Waals surface area contributed by atoms with Gasteiger partial charge in [-0.3, -0.25) is 4.79 Å². The standard InChI is InChI=1S/C16H23ClN2O3/c1-16(18-11-15(20)21)6-8-19(12-16)7-3-9-22-14-5-2-4-13(17)10-14/h2,4-5,10,18H,3,6-9,11-12H2,1H3,(H,20,21)/t16-/m0/s1. The minimum absolute atomic E-state index is 0.0161. The molecule has 0 radical (unpaired) electrons. The number of ether oxygens (including phenoxy) is 1. The first-order chi connectivity index (χ1) is 10.5. The van der Waals surface area contributed by atoms with Crippen molar-refractivity contribution in [1.82, 2.24) is 10.2 Å².